The quantitative estimate of drug-likeness (QED) is 0.677. The molecule has 106 valence electrons. The number of carboxylic acids is 1. The summed E-state index contributed by atoms with van der Waals surface area (Å²) in [5.74, 6) is -0.351. The maximum absolute atomic E-state index is 11.4. The van der Waals surface area contributed by atoms with Gasteiger partial charge in [-0.1, -0.05) is 6.92 Å². The highest BCUT2D eigenvalue weighted by molar-refractivity contribution is 7.91. The zero-order valence-corrected chi connectivity index (χ0v) is 11.7. The van der Waals surface area contributed by atoms with Crippen molar-refractivity contribution in [3.63, 3.8) is 0 Å². The Morgan fingerprint density at radius 3 is 2.06 bits per heavy atom. The lowest BCUT2D eigenvalue weighted by atomic mass is 10.3. The summed E-state index contributed by atoms with van der Waals surface area (Å²) in [6.45, 7) is 6.11. The maximum Gasteiger partial charge on any atom is 0.304 e. The molecule has 0 aromatic rings. The molecule has 1 heterocycles. The van der Waals surface area contributed by atoms with Gasteiger partial charge < -0.3 is 10.0 Å². The maximum atomic E-state index is 11.4. The van der Waals surface area contributed by atoms with Crippen LogP contribution in [0.25, 0.3) is 0 Å². The first-order valence-electron chi connectivity index (χ1n) is 6.30. The van der Waals surface area contributed by atoms with Crippen molar-refractivity contribution >= 4 is 15.8 Å². The summed E-state index contributed by atoms with van der Waals surface area (Å²) in [4.78, 5) is 14.7. The molecule has 0 saturated carbocycles. The highest BCUT2D eigenvalue weighted by Gasteiger charge is 2.18. The van der Waals surface area contributed by atoms with Crippen molar-refractivity contribution in [2.75, 3.05) is 50.8 Å². The van der Waals surface area contributed by atoms with Gasteiger partial charge >= 0.3 is 5.97 Å². The normalized spacial score (nSPS) is 18.9. The van der Waals surface area contributed by atoms with Gasteiger partial charge in [-0.15, -0.1) is 0 Å². The summed E-state index contributed by atoms with van der Waals surface area (Å²) in [5.41, 5.74) is 0. The van der Waals surface area contributed by atoms with Gasteiger partial charge in [0.1, 0.15) is 0 Å². The third-order valence-electron chi connectivity index (χ3n) is 3.27. The Morgan fingerprint density at radius 1 is 1.11 bits per heavy atom. The van der Waals surface area contributed by atoms with E-state index in [4.69, 9.17) is 5.11 Å². The number of rotatable bonds is 7. The largest absolute Gasteiger partial charge is 0.481 e. The molecular weight excluding hydrogens is 256 g/mol. The van der Waals surface area contributed by atoms with E-state index in [1.807, 2.05) is 0 Å². The van der Waals surface area contributed by atoms with Gasteiger partial charge in [-0.05, 0) is 0 Å². The van der Waals surface area contributed by atoms with Crippen molar-refractivity contribution in [1.29, 1.82) is 0 Å². The van der Waals surface area contributed by atoms with E-state index in [2.05, 4.69) is 9.80 Å². The summed E-state index contributed by atoms with van der Waals surface area (Å²) >= 11 is 0. The van der Waals surface area contributed by atoms with Crippen molar-refractivity contribution in [2.24, 2.45) is 0 Å². The summed E-state index contributed by atoms with van der Waals surface area (Å²) in [7, 11) is -2.89. The summed E-state index contributed by atoms with van der Waals surface area (Å²) < 4.78 is 22.8. The van der Waals surface area contributed by atoms with Gasteiger partial charge in [0.15, 0.2) is 9.84 Å². The summed E-state index contributed by atoms with van der Waals surface area (Å²) in [5, 5.41) is 8.59. The Hall–Kier alpha value is -0.660. The molecule has 1 aliphatic rings. The van der Waals surface area contributed by atoms with E-state index in [9.17, 15) is 13.2 Å². The fourth-order valence-electron chi connectivity index (χ4n) is 1.90. The molecule has 1 rings (SSSR count). The molecule has 0 aromatic carbocycles. The van der Waals surface area contributed by atoms with Crippen LogP contribution in [0.4, 0.5) is 0 Å². The van der Waals surface area contributed by atoms with Gasteiger partial charge in [0.05, 0.1) is 12.2 Å². The second-order valence-electron chi connectivity index (χ2n) is 4.56. The first kappa shape index (κ1) is 15.4. The van der Waals surface area contributed by atoms with Gasteiger partial charge in [-0.2, -0.15) is 0 Å². The molecule has 0 amide bonds. The minimum absolute atomic E-state index is 0.171. The van der Waals surface area contributed by atoms with E-state index >= 15 is 0 Å². The van der Waals surface area contributed by atoms with Crippen molar-refractivity contribution in [3.05, 3.63) is 0 Å². The first-order chi connectivity index (χ1) is 8.43. The minimum atomic E-state index is -2.89. The SMILES string of the molecule is CCS(=O)(=O)CCN1CCN(CCC(=O)O)CC1. The standard InChI is InChI=1S/C11H22N2O4S/c1-2-18(16,17)10-9-13-7-5-12(6-8-13)4-3-11(14)15/h2-10H2,1H3,(H,14,15). The number of carboxylic acid groups (broad SMARTS) is 1. The van der Waals surface area contributed by atoms with Gasteiger partial charge in [0.25, 0.3) is 0 Å². The second-order valence-corrected chi connectivity index (χ2v) is 7.04. The molecule has 1 aliphatic heterocycles. The third kappa shape index (κ3) is 5.79. The molecule has 6 nitrogen and oxygen atoms in total. The topological polar surface area (TPSA) is 77.9 Å². The molecule has 0 aromatic heterocycles. The van der Waals surface area contributed by atoms with Crippen LogP contribution in [0.1, 0.15) is 13.3 Å². The van der Waals surface area contributed by atoms with E-state index in [0.717, 1.165) is 26.2 Å². The number of hydrogen-bond acceptors (Lipinski definition) is 5. The fourth-order valence-corrected chi connectivity index (χ4v) is 2.73. The average molecular weight is 278 g/mol. The minimum Gasteiger partial charge on any atom is -0.481 e. The predicted octanol–water partition coefficient (Wildman–Crippen LogP) is -0.487. The molecule has 1 saturated heterocycles. The molecule has 0 unspecified atom stereocenters. The van der Waals surface area contributed by atoms with Gasteiger partial charge in [-0.25, -0.2) is 8.42 Å². The van der Waals surface area contributed by atoms with Crippen LogP contribution in [0.2, 0.25) is 0 Å². The van der Waals surface area contributed by atoms with Gasteiger partial charge in [-0.3, -0.25) is 9.69 Å². The third-order valence-corrected chi connectivity index (χ3v) is 4.95. The zero-order valence-electron chi connectivity index (χ0n) is 10.8. The zero-order chi connectivity index (χ0) is 13.6. The molecule has 0 atom stereocenters. The lowest BCUT2D eigenvalue weighted by Gasteiger charge is -2.34. The van der Waals surface area contributed by atoms with E-state index in [1.165, 1.54) is 0 Å². The van der Waals surface area contributed by atoms with Crippen LogP contribution in [-0.4, -0.2) is 80.1 Å². The van der Waals surface area contributed by atoms with E-state index in [1.54, 1.807) is 6.92 Å². The highest BCUT2D eigenvalue weighted by atomic mass is 32.2. The van der Waals surface area contributed by atoms with Crippen molar-refractivity contribution in [1.82, 2.24) is 9.80 Å². The van der Waals surface area contributed by atoms with Crippen LogP contribution in [0, 0.1) is 0 Å². The second kappa shape index (κ2) is 7.06. The molecule has 7 heteroatoms. The van der Waals surface area contributed by atoms with Crippen molar-refractivity contribution in [3.8, 4) is 0 Å². The Morgan fingerprint density at radius 2 is 1.61 bits per heavy atom. The van der Waals surface area contributed by atoms with Crippen LogP contribution in [-0.2, 0) is 14.6 Å². The number of carbonyl (C=O) groups is 1. The first-order valence-corrected chi connectivity index (χ1v) is 8.12. The number of aliphatic carboxylic acids is 1. The monoisotopic (exact) mass is 278 g/mol. The average Bonchev–Trinajstić information content (AvgIpc) is 2.35. The lowest BCUT2D eigenvalue weighted by molar-refractivity contribution is -0.137. The molecule has 1 N–H and O–H groups in total. The van der Waals surface area contributed by atoms with Crippen molar-refractivity contribution in [2.45, 2.75) is 13.3 Å². The van der Waals surface area contributed by atoms with Crippen LogP contribution >= 0.6 is 0 Å². The number of hydrogen-bond donors (Lipinski definition) is 1. The van der Waals surface area contributed by atoms with E-state index < -0.39 is 15.8 Å². The molecule has 0 aliphatic carbocycles. The molecular formula is C11H22N2O4S. The summed E-state index contributed by atoms with van der Waals surface area (Å²) in [6.07, 6.45) is 0.171. The predicted molar refractivity (Wildman–Crippen MR) is 69.5 cm³/mol. The Bertz CT molecular complexity index is 361. The van der Waals surface area contributed by atoms with Gasteiger partial charge in [0.2, 0.25) is 0 Å². The Labute approximate surface area is 108 Å². The van der Waals surface area contributed by atoms with Crippen LogP contribution in [0.3, 0.4) is 0 Å². The smallest absolute Gasteiger partial charge is 0.304 e. The Kier molecular flexibility index (Phi) is 6.04. The van der Waals surface area contributed by atoms with Crippen LogP contribution in [0.5, 0.6) is 0 Å². The number of piperazine rings is 1. The fraction of sp³-hybridized carbons (Fsp3) is 0.909. The highest BCUT2D eigenvalue weighted by Crippen LogP contribution is 2.03. The number of nitrogens with zero attached hydrogens (tertiary/aromatic N) is 2. The van der Waals surface area contributed by atoms with Crippen LogP contribution in [0.15, 0.2) is 0 Å². The van der Waals surface area contributed by atoms with E-state index in [0.29, 0.717) is 13.1 Å². The van der Waals surface area contributed by atoms with Crippen LogP contribution < -0.4 is 0 Å². The molecule has 0 spiro atoms. The van der Waals surface area contributed by atoms with Crippen molar-refractivity contribution < 1.29 is 18.3 Å². The lowest BCUT2D eigenvalue weighted by Crippen LogP contribution is -2.48. The molecule has 0 radical (unpaired) electrons. The van der Waals surface area contributed by atoms with Gasteiger partial charge in [0, 0.05) is 45.0 Å². The van der Waals surface area contributed by atoms with E-state index in [-0.39, 0.29) is 17.9 Å². The molecule has 18 heavy (non-hydrogen) atoms. The number of sulfone groups is 1. The summed E-state index contributed by atoms with van der Waals surface area (Å²) in [6, 6.07) is 0. The Balaban J connectivity index is 2.21. The molecule has 1 fully saturated rings. The molecule has 0 bridgehead atoms.